The molecule has 0 aromatic rings. The molecule has 0 aromatic heterocycles. The third kappa shape index (κ3) is 14.0. The van der Waals surface area contributed by atoms with Gasteiger partial charge in [0, 0.05) is 52.7 Å². The van der Waals surface area contributed by atoms with Gasteiger partial charge in [0.25, 0.3) is 0 Å². The molecule has 0 heterocycles. The van der Waals surface area contributed by atoms with Crippen LogP contribution in [0.25, 0.3) is 0 Å². The number of amides is 1. The predicted molar refractivity (Wildman–Crippen MR) is 84.8 cm³/mol. The maximum Gasteiger partial charge on any atom is 0.220 e. The van der Waals surface area contributed by atoms with Crippen LogP contribution < -0.4 is 5.32 Å². The summed E-state index contributed by atoms with van der Waals surface area (Å²) < 4.78 is 15.8. The van der Waals surface area contributed by atoms with Crippen molar-refractivity contribution in [3.63, 3.8) is 0 Å². The van der Waals surface area contributed by atoms with E-state index in [4.69, 9.17) is 14.2 Å². The summed E-state index contributed by atoms with van der Waals surface area (Å²) >= 11 is 0. The van der Waals surface area contributed by atoms with Crippen molar-refractivity contribution in [1.29, 1.82) is 0 Å². The number of ketones is 1. The summed E-state index contributed by atoms with van der Waals surface area (Å²) in [5.74, 6) is 0.463. The fourth-order valence-corrected chi connectivity index (χ4v) is 1.97. The Morgan fingerprint density at radius 1 is 1.00 bits per heavy atom. The number of nitrogens with one attached hydrogen (secondary N) is 1. The van der Waals surface area contributed by atoms with E-state index < -0.39 is 0 Å². The van der Waals surface area contributed by atoms with E-state index in [1.54, 1.807) is 21.1 Å². The van der Waals surface area contributed by atoms with Crippen molar-refractivity contribution in [2.24, 2.45) is 5.92 Å². The molecule has 6 heteroatoms. The summed E-state index contributed by atoms with van der Waals surface area (Å²) in [7, 11) is 3.37. The van der Waals surface area contributed by atoms with E-state index in [1.807, 2.05) is 0 Å². The molecule has 22 heavy (non-hydrogen) atoms. The first kappa shape index (κ1) is 21.0. The molecule has 0 saturated heterocycles. The quantitative estimate of drug-likeness (QED) is 0.464. The standard InChI is InChI=1S/C16H31NO5/c1-14(18)6-4-7-16(19)17-9-5-10-22-13-15(12-21-3)8-11-20-2/h15H,4-13H2,1-3H3,(H,17,19). The molecule has 130 valence electrons. The largest absolute Gasteiger partial charge is 0.385 e. The molecular weight excluding hydrogens is 286 g/mol. The first-order chi connectivity index (χ1) is 10.6. The van der Waals surface area contributed by atoms with Crippen LogP contribution in [0.3, 0.4) is 0 Å². The van der Waals surface area contributed by atoms with Crippen LogP contribution in [-0.2, 0) is 23.8 Å². The minimum atomic E-state index is -0.00129. The summed E-state index contributed by atoms with van der Waals surface area (Å²) in [5.41, 5.74) is 0. The van der Waals surface area contributed by atoms with Crippen molar-refractivity contribution in [3.05, 3.63) is 0 Å². The molecule has 0 radical (unpaired) electrons. The molecule has 0 bridgehead atoms. The molecule has 0 aromatic carbocycles. The lowest BCUT2D eigenvalue weighted by molar-refractivity contribution is -0.121. The van der Waals surface area contributed by atoms with E-state index >= 15 is 0 Å². The van der Waals surface area contributed by atoms with E-state index in [2.05, 4.69) is 5.32 Å². The molecule has 0 aliphatic heterocycles. The summed E-state index contributed by atoms with van der Waals surface area (Å²) in [5, 5.41) is 2.83. The second-order valence-electron chi connectivity index (χ2n) is 5.44. The van der Waals surface area contributed by atoms with Gasteiger partial charge in [-0.1, -0.05) is 0 Å². The Hall–Kier alpha value is -0.980. The summed E-state index contributed by atoms with van der Waals surface area (Å²) in [6, 6.07) is 0. The second kappa shape index (κ2) is 14.9. The molecule has 0 aliphatic rings. The predicted octanol–water partition coefficient (Wildman–Crippen LogP) is 1.57. The fourth-order valence-electron chi connectivity index (χ4n) is 1.97. The van der Waals surface area contributed by atoms with Gasteiger partial charge in [-0.25, -0.2) is 0 Å². The number of ether oxygens (including phenoxy) is 3. The normalized spacial score (nSPS) is 12.1. The van der Waals surface area contributed by atoms with Crippen LogP contribution in [0.1, 0.15) is 39.0 Å². The van der Waals surface area contributed by atoms with Crippen LogP contribution in [0, 0.1) is 5.92 Å². The molecule has 0 rings (SSSR count). The van der Waals surface area contributed by atoms with Gasteiger partial charge in [-0.05, 0) is 26.2 Å². The highest BCUT2D eigenvalue weighted by Crippen LogP contribution is 2.05. The van der Waals surface area contributed by atoms with Gasteiger partial charge in [-0.3, -0.25) is 4.79 Å². The van der Waals surface area contributed by atoms with Gasteiger partial charge < -0.3 is 24.3 Å². The van der Waals surface area contributed by atoms with Crippen molar-refractivity contribution >= 4 is 11.7 Å². The molecule has 6 nitrogen and oxygen atoms in total. The lowest BCUT2D eigenvalue weighted by Gasteiger charge is -2.15. The molecule has 1 amide bonds. The second-order valence-corrected chi connectivity index (χ2v) is 5.44. The number of hydrogen-bond donors (Lipinski definition) is 1. The highest BCUT2D eigenvalue weighted by Gasteiger charge is 2.08. The molecule has 0 spiro atoms. The first-order valence-electron chi connectivity index (χ1n) is 7.91. The van der Waals surface area contributed by atoms with Gasteiger partial charge in [0.1, 0.15) is 5.78 Å². The Morgan fingerprint density at radius 2 is 1.77 bits per heavy atom. The molecule has 1 atom stereocenters. The fraction of sp³-hybridized carbons (Fsp3) is 0.875. The third-order valence-electron chi connectivity index (χ3n) is 3.21. The van der Waals surface area contributed by atoms with Crippen molar-refractivity contribution in [2.45, 2.75) is 39.0 Å². The van der Waals surface area contributed by atoms with Crippen LogP contribution in [0.15, 0.2) is 0 Å². The third-order valence-corrected chi connectivity index (χ3v) is 3.21. The van der Waals surface area contributed by atoms with Gasteiger partial charge in [0.2, 0.25) is 5.91 Å². The summed E-state index contributed by atoms with van der Waals surface area (Å²) in [6.45, 7) is 4.76. The Labute approximate surface area is 133 Å². The zero-order valence-corrected chi connectivity index (χ0v) is 14.2. The van der Waals surface area contributed by atoms with Gasteiger partial charge in [0.05, 0.1) is 13.2 Å². The number of carbonyl (C=O) groups excluding carboxylic acids is 2. The van der Waals surface area contributed by atoms with E-state index in [-0.39, 0.29) is 11.7 Å². The smallest absolute Gasteiger partial charge is 0.220 e. The van der Waals surface area contributed by atoms with Crippen LogP contribution in [0.5, 0.6) is 0 Å². The summed E-state index contributed by atoms with van der Waals surface area (Å²) in [6.07, 6.45) is 3.20. The zero-order valence-electron chi connectivity index (χ0n) is 14.2. The van der Waals surface area contributed by atoms with E-state index in [0.717, 1.165) is 12.8 Å². The van der Waals surface area contributed by atoms with Gasteiger partial charge in [-0.15, -0.1) is 0 Å². The minimum absolute atomic E-state index is 0.00129. The highest BCUT2D eigenvalue weighted by atomic mass is 16.5. The van der Waals surface area contributed by atoms with Crippen LogP contribution in [0.2, 0.25) is 0 Å². The van der Waals surface area contributed by atoms with Crippen LogP contribution in [-0.4, -0.2) is 58.9 Å². The molecule has 0 saturated carbocycles. The van der Waals surface area contributed by atoms with Gasteiger partial charge in [-0.2, -0.15) is 0 Å². The number of Topliss-reactive ketones (excluding diaryl/α,β-unsaturated/α-hetero) is 1. The molecule has 0 fully saturated rings. The topological polar surface area (TPSA) is 73.9 Å². The van der Waals surface area contributed by atoms with E-state index in [9.17, 15) is 9.59 Å². The maximum atomic E-state index is 11.5. The van der Waals surface area contributed by atoms with Crippen molar-refractivity contribution in [3.8, 4) is 0 Å². The highest BCUT2D eigenvalue weighted by molar-refractivity contribution is 5.78. The maximum absolute atomic E-state index is 11.5. The van der Waals surface area contributed by atoms with Crippen LogP contribution in [0.4, 0.5) is 0 Å². The number of hydrogen-bond acceptors (Lipinski definition) is 5. The average Bonchev–Trinajstić information content (AvgIpc) is 2.47. The van der Waals surface area contributed by atoms with E-state index in [0.29, 0.717) is 58.2 Å². The minimum Gasteiger partial charge on any atom is -0.385 e. The first-order valence-corrected chi connectivity index (χ1v) is 7.91. The molecular formula is C16H31NO5. The van der Waals surface area contributed by atoms with Crippen molar-refractivity contribution in [2.75, 3.05) is 47.2 Å². The van der Waals surface area contributed by atoms with Gasteiger partial charge in [0.15, 0.2) is 0 Å². The Kier molecular flexibility index (Phi) is 14.3. The Bertz CT molecular complexity index is 296. The number of methoxy groups -OCH3 is 2. The van der Waals surface area contributed by atoms with Gasteiger partial charge >= 0.3 is 0 Å². The molecule has 0 aliphatic carbocycles. The number of carbonyl (C=O) groups is 2. The summed E-state index contributed by atoms with van der Waals surface area (Å²) in [4.78, 5) is 22.2. The molecule has 1 N–H and O–H groups in total. The monoisotopic (exact) mass is 317 g/mol. The average molecular weight is 317 g/mol. The van der Waals surface area contributed by atoms with E-state index in [1.165, 1.54) is 0 Å². The lowest BCUT2D eigenvalue weighted by Crippen LogP contribution is -2.25. The number of rotatable bonds is 15. The zero-order chi connectivity index (χ0) is 16.6. The van der Waals surface area contributed by atoms with Crippen molar-refractivity contribution < 1.29 is 23.8 Å². The van der Waals surface area contributed by atoms with Crippen LogP contribution >= 0.6 is 0 Å². The van der Waals surface area contributed by atoms with Crippen molar-refractivity contribution in [1.82, 2.24) is 5.32 Å². The molecule has 1 unspecified atom stereocenters. The Balaban J connectivity index is 3.50. The SMILES string of the molecule is COCCC(COC)COCCCNC(=O)CCCC(C)=O. The lowest BCUT2D eigenvalue weighted by atomic mass is 10.1. The Morgan fingerprint density at radius 3 is 2.41 bits per heavy atom.